The summed E-state index contributed by atoms with van der Waals surface area (Å²) in [6.45, 7) is 12.2. The SMILES string of the molecule is CC(c1ccccn1)N1CCN(C(=O)OC(C)(C)C)C[C@@H]1C. The number of hydrogen-bond acceptors (Lipinski definition) is 4. The minimum Gasteiger partial charge on any atom is -0.444 e. The first-order chi connectivity index (χ1) is 10.3. The Morgan fingerprint density at radius 3 is 2.64 bits per heavy atom. The molecule has 1 amide bonds. The molecule has 1 aromatic rings. The molecule has 2 heterocycles. The topological polar surface area (TPSA) is 45.7 Å². The fourth-order valence-electron chi connectivity index (χ4n) is 2.83. The van der Waals surface area contributed by atoms with Gasteiger partial charge in [0.15, 0.2) is 0 Å². The van der Waals surface area contributed by atoms with Crippen molar-refractivity contribution in [3.63, 3.8) is 0 Å². The zero-order chi connectivity index (χ0) is 16.3. The van der Waals surface area contributed by atoms with Crippen LogP contribution in [0.3, 0.4) is 0 Å². The predicted octanol–water partition coefficient (Wildman–Crippen LogP) is 3.08. The summed E-state index contributed by atoms with van der Waals surface area (Å²) >= 11 is 0. The summed E-state index contributed by atoms with van der Waals surface area (Å²) < 4.78 is 5.46. The number of aromatic nitrogens is 1. The Labute approximate surface area is 133 Å². The summed E-state index contributed by atoms with van der Waals surface area (Å²) in [4.78, 5) is 20.8. The Balaban J connectivity index is 1.97. The molecule has 2 rings (SSSR count). The number of hydrogen-bond donors (Lipinski definition) is 0. The Morgan fingerprint density at radius 1 is 1.36 bits per heavy atom. The van der Waals surface area contributed by atoms with Crippen molar-refractivity contribution >= 4 is 6.09 Å². The van der Waals surface area contributed by atoms with E-state index in [0.717, 1.165) is 12.2 Å². The maximum absolute atomic E-state index is 12.2. The second-order valence-electron chi connectivity index (χ2n) is 6.94. The van der Waals surface area contributed by atoms with Crippen molar-refractivity contribution in [3.8, 4) is 0 Å². The van der Waals surface area contributed by atoms with E-state index < -0.39 is 5.60 Å². The van der Waals surface area contributed by atoms with Crippen molar-refractivity contribution in [3.05, 3.63) is 30.1 Å². The van der Waals surface area contributed by atoms with Gasteiger partial charge < -0.3 is 9.64 Å². The van der Waals surface area contributed by atoms with Crippen LogP contribution < -0.4 is 0 Å². The number of piperazine rings is 1. The Morgan fingerprint density at radius 2 is 2.09 bits per heavy atom. The van der Waals surface area contributed by atoms with Crippen LogP contribution in [0.2, 0.25) is 0 Å². The summed E-state index contributed by atoms with van der Waals surface area (Å²) in [6, 6.07) is 6.52. The van der Waals surface area contributed by atoms with Crippen LogP contribution in [0.15, 0.2) is 24.4 Å². The summed E-state index contributed by atoms with van der Waals surface area (Å²) in [5, 5.41) is 0. The van der Waals surface area contributed by atoms with Gasteiger partial charge in [-0.1, -0.05) is 6.07 Å². The van der Waals surface area contributed by atoms with E-state index in [0.29, 0.717) is 13.1 Å². The van der Waals surface area contributed by atoms with Gasteiger partial charge in [0.25, 0.3) is 0 Å². The van der Waals surface area contributed by atoms with Gasteiger partial charge in [-0.2, -0.15) is 0 Å². The highest BCUT2D eigenvalue weighted by Crippen LogP contribution is 2.24. The van der Waals surface area contributed by atoms with Gasteiger partial charge in [-0.3, -0.25) is 9.88 Å². The molecule has 5 nitrogen and oxygen atoms in total. The smallest absolute Gasteiger partial charge is 0.410 e. The molecule has 5 heteroatoms. The van der Waals surface area contributed by atoms with Gasteiger partial charge in [0.2, 0.25) is 0 Å². The van der Waals surface area contributed by atoms with Crippen LogP contribution in [0.5, 0.6) is 0 Å². The van der Waals surface area contributed by atoms with Gasteiger partial charge in [0.1, 0.15) is 5.60 Å². The molecular weight excluding hydrogens is 278 g/mol. The normalized spacial score (nSPS) is 21.5. The van der Waals surface area contributed by atoms with Crippen LogP contribution in [0.25, 0.3) is 0 Å². The third-order valence-electron chi connectivity index (χ3n) is 3.94. The van der Waals surface area contributed by atoms with E-state index in [1.807, 2.05) is 39.1 Å². The van der Waals surface area contributed by atoms with Crippen molar-refractivity contribution in [2.75, 3.05) is 19.6 Å². The Kier molecular flexibility index (Phi) is 5.06. The number of carbonyl (C=O) groups excluding carboxylic acids is 1. The van der Waals surface area contributed by atoms with E-state index in [-0.39, 0.29) is 18.2 Å². The van der Waals surface area contributed by atoms with Crippen molar-refractivity contribution in [1.29, 1.82) is 0 Å². The van der Waals surface area contributed by atoms with E-state index in [1.54, 1.807) is 4.90 Å². The fraction of sp³-hybridized carbons (Fsp3) is 0.647. The van der Waals surface area contributed by atoms with Gasteiger partial charge >= 0.3 is 6.09 Å². The maximum Gasteiger partial charge on any atom is 0.410 e. The number of nitrogens with zero attached hydrogens (tertiary/aromatic N) is 3. The molecule has 22 heavy (non-hydrogen) atoms. The highest BCUT2D eigenvalue weighted by Gasteiger charge is 2.32. The number of pyridine rings is 1. The fourth-order valence-corrected chi connectivity index (χ4v) is 2.83. The molecule has 1 fully saturated rings. The molecule has 0 N–H and O–H groups in total. The third kappa shape index (κ3) is 4.19. The molecule has 0 radical (unpaired) electrons. The first-order valence-corrected chi connectivity index (χ1v) is 7.92. The van der Waals surface area contributed by atoms with Crippen LogP contribution >= 0.6 is 0 Å². The molecule has 0 aliphatic carbocycles. The molecule has 0 aromatic carbocycles. The molecule has 122 valence electrons. The number of carbonyl (C=O) groups is 1. The van der Waals surface area contributed by atoms with Crippen LogP contribution in [0.4, 0.5) is 4.79 Å². The first-order valence-electron chi connectivity index (χ1n) is 7.92. The maximum atomic E-state index is 12.2. The lowest BCUT2D eigenvalue weighted by Crippen LogP contribution is -2.54. The van der Waals surface area contributed by atoms with Gasteiger partial charge in [0, 0.05) is 37.9 Å². The van der Waals surface area contributed by atoms with E-state index >= 15 is 0 Å². The standard InChI is InChI=1S/C17H27N3O2/c1-13-12-19(16(21)22-17(3,4)5)10-11-20(13)14(2)15-8-6-7-9-18-15/h6-9,13-14H,10-12H2,1-5H3/t13-,14?/m0/s1. The van der Waals surface area contributed by atoms with Gasteiger partial charge in [0.05, 0.1) is 5.69 Å². The Hall–Kier alpha value is -1.62. The number of amides is 1. The summed E-state index contributed by atoms with van der Waals surface area (Å²) in [5.41, 5.74) is 0.624. The highest BCUT2D eigenvalue weighted by atomic mass is 16.6. The predicted molar refractivity (Wildman–Crippen MR) is 86.6 cm³/mol. The lowest BCUT2D eigenvalue weighted by atomic mass is 10.1. The van der Waals surface area contributed by atoms with Gasteiger partial charge in [-0.25, -0.2) is 4.79 Å². The van der Waals surface area contributed by atoms with Crippen LogP contribution in [-0.4, -0.2) is 52.2 Å². The quantitative estimate of drug-likeness (QED) is 0.842. The lowest BCUT2D eigenvalue weighted by Gasteiger charge is -2.42. The van der Waals surface area contributed by atoms with Crippen LogP contribution in [-0.2, 0) is 4.74 Å². The molecule has 1 saturated heterocycles. The molecule has 0 bridgehead atoms. The van der Waals surface area contributed by atoms with Crippen LogP contribution in [0.1, 0.15) is 46.4 Å². The molecule has 1 aliphatic rings. The van der Waals surface area contributed by atoms with Crippen molar-refractivity contribution < 1.29 is 9.53 Å². The lowest BCUT2D eigenvalue weighted by molar-refractivity contribution is -0.00103. The van der Waals surface area contributed by atoms with Gasteiger partial charge in [-0.05, 0) is 46.8 Å². The monoisotopic (exact) mass is 305 g/mol. The minimum atomic E-state index is -0.446. The zero-order valence-electron chi connectivity index (χ0n) is 14.2. The molecule has 1 aromatic heterocycles. The van der Waals surface area contributed by atoms with E-state index in [9.17, 15) is 4.79 Å². The summed E-state index contributed by atoms with van der Waals surface area (Å²) in [6.07, 6.45) is 1.61. The van der Waals surface area contributed by atoms with Gasteiger partial charge in [-0.15, -0.1) is 0 Å². The van der Waals surface area contributed by atoms with Crippen molar-refractivity contribution in [2.24, 2.45) is 0 Å². The van der Waals surface area contributed by atoms with E-state index in [2.05, 4.69) is 29.8 Å². The second kappa shape index (κ2) is 6.65. The average Bonchev–Trinajstić information content (AvgIpc) is 2.45. The number of ether oxygens (including phenoxy) is 1. The molecule has 0 spiro atoms. The molecule has 1 unspecified atom stereocenters. The summed E-state index contributed by atoms with van der Waals surface area (Å²) in [7, 11) is 0. The minimum absolute atomic E-state index is 0.218. The summed E-state index contributed by atoms with van der Waals surface area (Å²) in [5.74, 6) is 0. The Bertz CT molecular complexity index is 498. The van der Waals surface area contributed by atoms with E-state index in [4.69, 9.17) is 4.74 Å². The van der Waals surface area contributed by atoms with Crippen LogP contribution in [0, 0.1) is 0 Å². The molecule has 1 aliphatic heterocycles. The molecule has 2 atom stereocenters. The molecular formula is C17H27N3O2. The first kappa shape index (κ1) is 16.7. The largest absolute Gasteiger partial charge is 0.444 e. The second-order valence-corrected chi connectivity index (χ2v) is 6.94. The van der Waals surface area contributed by atoms with Crippen molar-refractivity contribution in [1.82, 2.24) is 14.8 Å². The zero-order valence-corrected chi connectivity index (χ0v) is 14.2. The van der Waals surface area contributed by atoms with Crippen molar-refractivity contribution in [2.45, 2.75) is 52.3 Å². The third-order valence-corrected chi connectivity index (χ3v) is 3.94. The molecule has 0 saturated carbocycles. The highest BCUT2D eigenvalue weighted by molar-refractivity contribution is 5.68. The van der Waals surface area contributed by atoms with E-state index in [1.165, 1.54) is 0 Å². The average molecular weight is 305 g/mol. The number of rotatable bonds is 2.